The van der Waals surface area contributed by atoms with Crippen molar-refractivity contribution in [2.24, 2.45) is 0 Å². The Balaban J connectivity index is 0.00000102. The number of fused-ring (bicyclic) bond motifs is 3. The van der Waals surface area contributed by atoms with Crippen LogP contribution in [0.5, 0.6) is 0 Å². The largest absolute Gasteiger partial charge is 0.453 e. The standard InChI is InChI=1S/C19H16Cl2N2O2.C2H6/c1-25-19(24)23-9-8-12-14-10-11(20)6-7-16(14)22-17(12)18(23)13-4-2-3-5-15(13)21;1-2/h2-7,10,18,22H,8-9H2,1H3;1-2H3. The van der Waals surface area contributed by atoms with Gasteiger partial charge in [0.25, 0.3) is 0 Å². The molecule has 4 nitrogen and oxygen atoms in total. The first-order valence-corrected chi connectivity index (χ1v) is 9.74. The number of aromatic amines is 1. The molecule has 1 unspecified atom stereocenters. The quantitative estimate of drug-likeness (QED) is 0.523. The Bertz CT molecular complexity index is 968. The van der Waals surface area contributed by atoms with E-state index in [1.165, 1.54) is 12.7 Å². The number of nitrogens with one attached hydrogen (secondary N) is 1. The fraction of sp³-hybridized carbons (Fsp3) is 0.286. The summed E-state index contributed by atoms with van der Waals surface area (Å²) in [5, 5.41) is 2.40. The van der Waals surface area contributed by atoms with Crippen LogP contribution in [0.25, 0.3) is 10.9 Å². The average molecular weight is 405 g/mol. The number of H-pyrrole nitrogens is 1. The third-order valence-corrected chi connectivity index (χ3v) is 5.28. The molecular weight excluding hydrogens is 383 g/mol. The van der Waals surface area contributed by atoms with E-state index in [4.69, 9.17) is 27.9 Å². The molecule has 3 aromatic rings. The van der Waals surface area contributed by atoms with Crippen molar-refractivity contribution in [2.45, 2.75) is 26.3 Å². The summed E-state index contributed by atoms with van der Waals surface area (Å²) >= 11 is 12.6. The van der Waals surface area contributed by atoms with Crippen LogP contribution in [0.3, 0.4) is 0 Å². The maximum absolute atomic E-state index is 12.4. The fourth-order valence-electron chi connectivity index (χ4n) is 3.59. The van der Waals surface area contributed by atoms with E-state index in [2.05, 4.69) is 4.98 Å². The second-order valence-electron chi connectivity index (χ2n) is 6.04. The zero-order valence-corrected chi connectivity index (χ0v) is 17.1. The molecule has 0 radical (unpaired) electrons. The van der Waals surface area contributed by atoms with Gasteiger partial charge >= 0.3 is 6.09 Å². The summed E-state index contributed by atoms with van der Waals surface area (Å²) in [4.78, 5) is 17.5. The van der Waals surface area contributed by atoms with Crippen molar-refractivity contribution < 1.29 is 9.53 Å². The number of hydrogen-bond donors (Lipinski definition) is 1. The van der Waals surface area contributed by atoms with Gasteiger partial charge in [-0.25, -0.2) is 4.79 Å². The molecule has 2 heterocycles. The fourth-order valence-corrected chi connectivity index (χ4v) is 4.01. The number of methoxy groups -OCH3 is 1. The van der Waals surface area contributed by atoms with E-state index in [9.17, 15) is 4.79 Å². The Hall–Kier alpha value is -2.17. The molecular formula is C21H22Cl2N2O2. The lowest BCUT2D eigenvalue weighted by Crippen LogP contribution is -2.40. The van der Waals surface area contributed by atoms with E-state index in [-0.39, 0.29) is 12.1 Å². The lowest BCUT2D eigenvalue weighted by atomic mass is 9.92. The molecule has 0 aliphatic carbocycles. The van der Waals surface area contributed by atoms with E-state index < -0.39 is 0 Å². The molecule has 1 aliphatic heterocycles. The molecule has 2 aromatic carbocycles. The molecule has 6 heteroatoms. The molecule has 1 amide bonds. The SMILES string of the molecule is CC.COC(=O)N1CCc2c([nH]c3ccc(Cl)cc23)C1c1ccccc1Cl. The first-order chi connectivity index (χ1) is 13.1. The maximum atomic E-state index is 12.4. The molecule has 142 valence electrons. The Morgan fingerprint density at radius 2 is 1.93 bits per heavy atom. The number of aromatic nitrogens is 1. The van der Waals surface area contributed by atoms with Crippen molar-refractivity contribution in [1.29, 1.82) is 0 Å². The predicted octanol–water partition coefficient (Wildman–Crippen LogP) is 6.21. The Morgan fingerprint density at radius 1 is 1.19 bits per heavy atom. The summed E-state index contributed by atoms with van der Waals surface area (Å²) in [7, 11) is 1.40. The number of nitrogens with zero attached hydrogens (tertiary/aromatic N) is 1. The third-order valence-electron chi connectivity index (χ3n) is 4.70. The molecule has 0 fully saturated rings. The molecule has 1 aliphatic rings. The van der Waals surface area contributed by atoms with Crippen LogP contribution >= 0.6 is 23.2 Å². The summed E-state index contributed by atoms with van der Waals surface area (Å²) < 4.78 is 5.00. The monoisotopic (exact) mass is 404 g/mol. The lowest BCUT2D eigenvalue weighted by Gasteiger charge is -2.35. The number of halogens is 2. The van der Waals surface area contributed by atoms with Gasteiger partial charge in [-0.3, -0.25) is 4.90 Å². The number of hydrogen-bond acceptors (Lipinski definition) is 2. The highest BCUT2D eigenvalue weighted by Gasteiger charge is 2.36. The number of carbonyl (C=O) groups excluding carboxylic acids is 1. The van der Waals surface area contributed by atoms with Gasteiger partial charge in [0.15, 0.2) is 0 Å². The van der Waals surface area contributed by atoms with Gasteiger partial charge in [0.1, 0.15) is 6.04 Å². The molecule has 1 N–H and O–H groups in total. The third kappa shape index (κ3) is 3.52. The highest BCUT2D eigenvalue weighted by Crippen LogP contribution is 2.41. The summed E-state index contributed by atoms with van der Waals surface area (Å²) in [6.07, 6.45) is 0.360. The number of benzene rings is 2. The van der Waals surface area contributed by atoms with Crippen LogP contribution in [0.4, 0.5) is 4.79 Å². The summed E-state index contributed by atoms with van der Waals surface area (Å²) in [6, 6.07) is 13.0. The Morgan fingerprint density at radius 3 is 2.63 bits per heavy atom. The van der Waals surface area contributed by atoms with Crippen LogP contribution in [-0.4, -0.2) is 29.6 Å². The van der Waals surface area contributed by atoms with E-state index in [1.807, 2.05) is 56.3 Å². The minimum absolute atomic E-state index is 0.323. The molecule has 1 aromatic heterocycles. The van der Waals surface area contributed by atoms with Crippen molar-refractivity contribution in [3.8, 4) is 0 Å². The van der Waals surface area contributed by atoms with Crippen LogP contribution in [0.2, 0.25) is 10.0 Å². The molecule has 0 bridgehead atoms. The number of rotatable bonds is 1. The summed E-state index contributed by atoms with van der Waals surface area (Å²) in [5.41, 5.74) is 4.00. The predicted molar refractivity (Wildman–Crippen MR) is 111 cm³/mol. The van der Waals surface area contributed by atoms with E-state index in [0.717, 1.165) is 28.6 Å². The zero-order valence-electron chi connectivity index (χ0n) is 15.6. The Labute approximate surface area is 169 Å². The van der Waals surface area contributed by atoms with Crippen molar-refractivity contribution in [3.05, 3.63) is 69.3 Å². The maximum Gasteiger partial charge on any atom is 0.410 e. The van der Waals surface area contributed by atoms with Crippen LogP contribution in [0.15, 0.2) is 42.5 Å². The van der Waals surface area contributed by atoms with Crippen molar-refractivity contribution in [3.63, 3.8) is 0 Å². The molecule has 27 heavy (non-hydrogen) atoms. The van der Waals surface area contributed by atoms with Gasteiger partial charge in [0.05, 0.1) is 7.11 Å². The Kier molecular flexibility index (Phi) is 5.98. The van der Waals surface area contributed by atoms with Gasteiger partial charge < -0.3 is 9.72 Å². The average Bonchev–Trinajstić information content (AvgIpc) is 3.06. The van der Waals surface area contributed by atoms with E-state index in [1.54, 1.807) is 4.90 Å². The number of carbonyl (C=O) groups is 1. The number of amides is 1. The van der Waals surface area contributed by atoms with Gasteiger partial charge in [-0.1, -0.05) is 55.2 Å². The molecule has 4 rings (SSSR count). The van der Waals surface area contributed by atoms with Crippen molar-refractivity contribution in [1.82, 2.24) is 9.88 Å². The summed E-state index contributed by atoms with van der Waals surface area (Å²) in [5.74, 6) is 0. The minimum Gasteiger partial charge on any atom is -0.453 e. The molecule has 0 saturated carbocycles. The highest BCUT2D eigenvalue weighted by atomic mass is 35.5. The second-order valence-corrected chi connectivity index (χ2v) is 6.89. The van der Waals surface area contributed by atoms with Crippen LogP contribution in [0, 0.1) is 0 Å². The van der Waals surface area contributed by atoms with E-state index in [0.29, 0.717) is 16.6 Å². The first kappa shape index (κ1) is 19.6. The van der Waals surface area contributed by atoms with Crippen LogP contribution in [-0.2, 0) is 11.2 Å². The van der Waals surface area contributed by atoms with Crippen LogP contribution < -0.4 is 0 Å². The normalized spacial score (nSPS) is 15.7. The van der Waals surface area contributed by atoms with E-state index >= 15 is 0 Å². The molecule has 0 saturated heterocycles. The van der Waals surface area contributed by atoms with Crippen LogP contribution in [0.1, 0.15) is 36.7 Å². The topological polar surface area (TPSA) is 45.3 Å². The first-order valence-electron chi connectivity index (χ1n) is 8.99. The van der Waals surface area contributed by atoms with Gasteiger partial charge in [-0.2, -0.15) is 0 Å². The second kappa shape index (κ2) is 8.24. The van der Waals surface area contributed by atoms with Gasteiger partial charge in [-0.05, 0) is 41.8 Å². The zero-order chi connectivity index (χ0) is 19.6. The minimum atomic E-state index is -0.368. The van der Waals surface area contributed by atoms with Crippen molar-refractivity contribution in [2.75, 3.05) is 13.7 Å². The highest BCUT2D eigenvalue weighted by molar-refractivity contribution is 6.31. The smallest absolute Gasteiger partial charge is 0.410 e. The van der Waals surface area contributed by atoms with Gasteiger partial charge in [-0.15, -0.1) is 0 Å². The molecule has 0 spiro atoms. The lowest BCUT2D eigenvalue weighted by molar-refractivity contribution is 0.108. The molecule has 1 atom stereocenters. The van der Waals surface area contributed by atoms with Crippen molar-refractivity contribution >= 4 is 40.2 Å². The summed E-state index contributed by atoms with van der Waals surface area (Å²) in [6.45, 7) is 4.55. The number of ether oxygens (including phenoxy) is 1. The van der Waals surface area contributed by atoms with Gasteiger partial charge in [0, 0.05) is 33.2 Å². The van der Waals surface area contributed by atoms with Gasteiger partial charge in [0.2, 0.25) is 0 Å².